The van der Waals surface area contributed by atoms with Gasteiger partial charge in [0, 0.05) is 18.2 Å². The summed E-state index contributed by atoms with van der Waals surface area (Å²) < 4.78 is 16.7. The molecule has 1 aromatic heterocycles. The molecule has 7 heteroatoms. The minimum absolute atomic E-state index is 0.0160. The van der Waals surface area contributed by atoms with Crippen LogP contribution in [0.5, 0.6) is 11.8 Å². The van der Waals surface area contributed by atoms with Crippen LogP contribution >= 0.6 is 0 Å². The second-order valence-corrected chi connectivity index (χ2v) is 9.62. The maximum atomic E-state index is 11.9. The Labute approximate surface area is 213 Å². The number of aromatic nitrogens is 1. The molecule has 1 amide bonds. The van der Waals surface area contributed by atoms with Crippen molar-refractivity contribution in [3.63, 3.8) is 0 Å². The smallest absolute Gasteiger partial charge is 0.407 e. The standard InChI is InChI=1S/C29H36N2O5/c1-19-22(17-32)9-7-11-24(19)25-12-8-10-23(20(25)2)18-35-26-14-13-21(27(31-26)34-6)15-16-30-28(33)36-29(3,4)5/h7-14,32H,15-18H2,1-6H3,(H,30,33). The van der Waals surface area contributed by atoms with Crippen molar-refractivity contribution in [3.8, 4) is 22.9 Å². The first-order valence-electron chi connectivity index (χ1n) is 12.0. The van der Waals surface area contributed by atoms with E-state index in [9.17, 15) is 9.90 Å². The topological polar surface area (TPSA) is 89.9 Å². The minimum Gasteiger partial charge on any atom is -0.481 e. The highest BCUT2D eigenvalue weighted by molar-refractivity contribution is 5.72. The van der Waals surface area contributed by atoms with Crippen molar-refractivity contribution in [2.24, 2.45) is 0 Å². The fourth-order valence-electron chi connectivity index (χ4n) is 3.94. The number of nitrogens with zero attached hydrogens (tertiary/aromatic N) is 1. The average Bonchev–Trinajstić information content (AvgIpc) is 2.83. The highest BCUT2D eigenvalue weighted by Gasteiger charge is 2.16. The van der Waals surface area contributed by atoms with E-state index in [1.54, 1.807) is 13.2 Å². The second-order valence-electron chi connectivity index (χ2n) is 9.62. The molecule has 0 bridgehead atoms. The maximum Gasteiger partial charge on any atom is 0.407 e. The van der Waals surface area contributed by atoms with E-state index in [-0.39, 0.29) is 6.61 Å². The van der Waals surface area contributed by atoms with E-state index < -0.39 is 11.7 Å². The summed E-state index contributed by atoms with van der Waals surface area (Å²) in [5.41, 5.74) is 6.70. The molecular formula is C29H36N2O5. The first-order chi connectivity index (χ1) is 17.1. The number of aliphatic hydroxyl groups excluding tert-OH is 1. The molecule has 192 valence electrons. The number of benzene rings is 2. The van der Waals surface area contributed by atoms with Gasteiger partial charge in [0.2, 0.25) is 11.8 Å². The van der Waals surface area contributed by atoms with Gasteiger partial charge in [-0.2, -0.15) is 4.98 Å². The van der Waals surface area contributed by atoms with E-state index in [0.717, 1.165) is 38.9 Å². The van der Waals surface area contributed by atoms with Crippen molar-refractivity contribution in [3.05, 3.63) is 76.3 Å². The fourth-order valence-corrected chi connectivity index (χ4v) is 3.94. The maximum absolute atomic E-state index is 11.9. The molecule has 3 rings (SSSR count). The lowest BCUT2D eigenvalue weighted by atomic mass is 9.92. The number of rotatable bonds is 9. The molecule has 2 N–H and O–H groups in total. The van der Waals surface area contributed by atoms with Gasteiger partial charge in [-0.3, -0.25) is 0 Å². The van der Waals surface area contributed by atoms with Crippen molar-refractivity contribution in [1.29, 1.82) is 0 Å². The number of alkyl carbamates (subject to hydrolysis) is 1. The quantitative estimate of drug-likeness (QED) is 0.409. The molecule has 7 nitrogen and oxygen atoms in total. The Morgan fingerprint density at radius 3 is 2.19 bits per heavy atom. The van der Waals surface area contributed by atoms with E-state index in [0.29, 0.717) is 31.3 Å². The second kappa shape index (κ2) is 11.9. The van der Waals surface area contributed by atoms with Crippen molar-refractivity contribution < 1.29 is 24.1 Å². The van der Waals surface area contributed by atoms with Crippen LogP contribution in [0.2, 0.25) is 0 Å². The molecule has 0 saturated heterocycles. The predicted molar refractivity (Wildman–Crippen MR) is 140 cm³/mol. The van der Waals surface area contributed by atoms with Crippen LogP contribution in [0.1, 0.15) is 48.6 Å². The van der Waals surface area contributed by atoms with Gasteiger partial charge in [0.15, 0.2) is 0 Å². The number of hydrogen-bond acceptors (Lipinski definition) is 6. The SMILES string of the molecule is COc1nc(OCc2cccc(-c3cccc(CO)c3C)c2C)ccc1CCNC(=O)OC(C)(C)C. The molecule has 1 heterocycles. The third-order valence-corrected chi connectivity index (χ3v) is 5.90. The Bertz CT molecular complexity index is 1200. The lowest BCUT2D eigenvalue weighted by molar-refractivity contribution is 0.0528. The zero-order valence-electron chi connectivity index (χ0n) is 22.0. The van der Waals surface area contributed by atoms with Crippen molar-refractivity contribution in [2.75, 3.05) is 13.7 Å². The van der Waals surface area contributed by atoms with Gasteiger partial charge in [-0.05, 0) is 80.5 Å². The third kappa shape index (κ3) is 6.98. The molecule has 36 heavy (non-hydrogen) atoms. The summed E-state index contributed by atoms with van der Waals surface area (Å²) in [4.78, 5) is 16.4. The lowest BCUT2D eigenvalue weighted by Gasteiger charge is -2.19. The van der Waals surface area contributed by atoms with Crippen LogP contribution < -0.4 is 14.8 Å². The van der Waals surface area contributed by atoms with Crippen LogP contribution in [0, 0.1) is 13.8 Å². The largest absolute Gasteiger partial charge is 0.481 e. The Hall–Kier alpha value is -3.58. The number of amides is 1. The van der Waals surface area contributed by atoms with Gasteiger partial charge in [-0.15, -0.1) is 0 Å². The van der Waals surface area contributed by atoms with Gasteiger partial charge in [-0.1, -0.05) is 36.4 Å². The monoisotopic (exact) mass is 492 g/mol. The number of carbonyl (C=O) groups is 1. The van der Waals surface area contributed by atoms with Gasteiger partial charge in [0.25, 0.3) is 0 Å². The van der Waals surface area contributed by atoms with Crippen LogP contribution in [-0.2, 0) is 24.4 Å². The van der Waals surface area contributed by atoms with Crippen LogP contribution in [0.4, 0.5) is 4.79 Å². The van der Waals surface area contributed by atoms with Crippen LogP contribution in [0.25, 0.3) is 11.1 Å². The normalized spacial score (nSPS) is 11.2. The number of ether oxygens (including phenoxy) is 3. The number of methoxy groups -OCH3 is 1. The summed E-state index contributed by atoms with van der Waals surface area (Å²) in [6, 6.07) is 15.8. The van der Waals surface area contributed by atoms with Gasteiger partial charge in [-0.25, -0.2) is 4.79 Å². The van der Waals surface area contributed by atoms with Gasteiger partial charge >= 0.3 is 6.09 Å². The minimum atomic E-state index is -0.539. The summed E-state index contributed by atoms with van der Waals surface area (Å²) in [6.07, 6.45) is 0.0913. The summed E-state index contributed by atoms with van der Waals surface area (Å²) in [7, 11) is 1.56. The Morgan fingerprint density at radius 2 is 1.58 bits per heavy atom. The van der Waals surface area contributed by atoms with E-state index in [1.165, 1.54) is 0 Å². The van der Waals surface area contributed by atoms with E-state index in [4.69, 9.17) is 14.2 Å². The van der Waals surface area contributed by atoms with E-state index in [2.05, 4.69) is 29.4 Å². The first kappa shape index (κ1) is 27.0. The number of pyridine rings is 1. The van der Waals surface area contributed by atoms with E-state index in [1.807, 2.05) is 58.0 Å². The van der Waals surface area contributed by atoms with Gasteiger partial charge < -0.3 is 24.6 Å². The molecular weight excluding hydrogens is 456 g/mol. The molecule has 0 atom stereocenters. The van der Waals surface area contributed by atoms with Gasteiger partial charge in [0.1, 0.15) is 12.2 Å². The Balaban J connectivity index is 1.67. The van der Waals surface area contributed by atoms with Crippen LogP contribution in [0.15, 0.2) is 48.5 Å². The predicted octanol–water partition coefficient (Wildman–Crippen LogP) is 5.51. The van der Waals surface area contributed by atoms with E-state index >= 15 is 0 Å². The summed E-state index contributed by atoms with van der Waals surface area (Å²) in [5, 5.41) is 12.4. The average molecular weight is 493 g/mol. The Kier molecular flexibility index (Phi) is 8.93. The van der Waals surface area contributed by atoms with Gasteiger partial charge in [0.05, 0.1) is 13.7 Å². The first-order valence-corrected chi connectivity index (χ1v) is 12.0. The zero-order chi connectivity index (χ0) is 26.3. The highest BCUT2D eigenvalue weighted by Crippen LogP contribution is 2.31. The molecule has 0 unspecified atom stereocenters. The molecule has 0 spiro atoms. The van der Waals surface area contributed by atoms with Crippen molar-refractivity contribution in [1.82, 2.24) is 10.3 Å². The number of hydrogen-bond donors (Lipinski definition) is 2. The molecule has 0 aliphatic carbocycles. The summed E-state index contributed by atoms with van der Waals surface area (Å²) >= 11 is 0. The molecule has 0 fully saturated rings. The molecule has 0 aliphatic rings. The lowest BCUT2D eigenvalue weighted by Crippen LogP contribution is -2.33. The Morgan fingerprint density at radius 1 is 0.944 bits per heavy atom. The molecule has 2 aromatic carbocycles. The molecule has 3 aromatic rings. The number of nitrogens with one attached hydrogen (secondary N) is 1. The molecule has 0 aliphatic heterocycles. The molecule has 0 saturated carbocycles. The zero-order valence-corrected chi connectivity index (χ0v) is 22.0. The fraction of sp³-hybridized carbons (Fsp3) is 0.379. The highest BCUT2D eigenvalue weighted by atomic mass is 16.6. The van der Waals surface area contributed by atoms with Crippen LogP contribution in [0.3, 0.4) is 0 Å². The number of aliphatic hydroxyl groups is 1. The number of carbonyl (C=O) groups excluding carboxylic acids is 1. The van der Waals surface area contributed by atoms with Crippen molar-refractivity contribution in [2.45, 2.75) is 59.9 Å². The molecule has 0 radical (unpaired) electrons. The van der Waals surface area contributed by atoms with Crippen molar-refractivity contribution >= 4 is 6.09 Å². The summed E-state index contributed by atoms with van der Waals surface area (Å²) in [5.74, 6) is 0.916. The van der Waals surface area contributed by atoms with Crippen LogP contribution in [-0.4, -0.2) is 35.4 Å². The third-order valence-electron chi connectivity index (χ3n) is 5.90. The summed E-state index contributed by atoms with van der Waals surface area (Å²) in [6.45, 7) is 10.4.